The average molecular weight is 328 g/mol. The summed E-state index contributed by atoms with van der Waals surface area (Å²) in [5, 5.41) is 3.59. The second kappa shape index (κ2) is 6.24. The summed E-state index contributed by atoms with van der Waals surface area (Å²) in [6, 6.07) is 5.51. The molecule has 1 heterocycles. The smallest absolute Gasteiger partial charge is 0.222 e. The largest absolute Gasteiger partial charge is 0.351 e. The Morgan fingerprint density at radius 2 is 2.10 bits per heavy atom. The molecule has 0 saturated heterocycles. The van der Waals surface area contributed by atoms with E-state index < -0.39 is 0 Å². The van der Waals surface area contributed by atoms with Crippen LogP contribution in [0, 0.1) is 0 Å². The third kappa shape index (κ3) is 4.11. The SMILES string of the molecule is CC(C)(C)NC(=O)CCn1c(CCl)nc2ccc(Cl)cc21. The van der Waals surface area contributed by atoms with Gasteiger partial charge >= 0.3 is 0 Å². The highest BCUT2D eigenvalue weighted by molar-refractivity contribution is 6.31. The monoisotopic (exact) mass is 327 g/mol. The van der Waals surface area contributed by atoms with Crippen molar-refractivity contribution in [1.82, 2.24) is 14.9 Å². The van der Waals surface area contributed by atoms with E-state index in [1.165, 1.54) is 0 Å². The lowest BCUT2D eigenvalue weighted by molar-refractivity contribution is -0.122. The van der Waals surface area contributed by atoms with Crippen LogP contribution in [0.25, 0.3) is 11.0 Å². The second-order valence-corrected chi connectivity index (χ2v) is 6.70. The minimum atomic E-state index is -0.229. The van der Waals surface area contributed by atoms with Crippen LogP contribution in [0.3, 0.4) is 0 Å². The van der Waals surface area contributed by atoms with Gasteiger partial charge in [0.2, 0.25) is 5.91 Å². The van der Waals surface area contributed by atoms with Gasteiger partial charge in [0.1, 0.15) is 5.82 Å². The molecule has 0 radical (unpaired) electrons. The molecular weight excluding hydrogens is 309 g/mol. The first-order valence-corrected chi connectivity index (χ1v) is 7.73. The highest BCUT2D eigenvalue weighted by atomic mass is 35.5. The third-order valence-electron chi connectivity index (χ3n) is 2.99. The maximum absolute atomic E-state index is 12.0. The molecular formula is C15H19Cl2N3O. The van der Waals surface area contributed by atoms with Gasteiger partial charge in [0, 0.05) is 23.5 Å². The van der Waals surface area contributed by atoms with E-state index in [2.05, 4.69) is 10.3 Å². The van der Waals surface area contributed by atoms with Crippen molar-refractivity contribution in [2.75, 3.05) is 0 Å². The number of nitrogens with zero attached hydrogens (tertiary/aromatic N) is 2. The van der Waals surface area contributed by atoms with Gasteiger partial charge in [-0.3, -0.25) is 4.79 Å². The highest BCUT2D eigenvalue weighted by Gasteiger charge is 2.15. The molecule has 0 spiro atoms. The van der Waals surface area contributed by atoms with Crippen LogP contribution in [0.2, 0.25) is 5.02 Å². The second-order valence-electron chi connectivity index (χ2n) is 5.99. The van der Waals surface area contributed by atoms with E-state index in [1.54, 1.807) is 6.07 Å². The minimum Gasteiger partial charge on any atom is -0.351 e. The number of benzene rings is 1. The van der Waals surface area contributed by atoms with Gasteiger partial charge in [-0.15, -0.1) is 11.6 Å². The van der Waals surface area contributed by atoms with Crippen LogP contribution in [-0.2, 0) is 17.2 Å². The van der Waals surface area contributed by atoms with E-state index in [4.69, 9.17) is 23.2 Å². The number of nitrogens with one attached hydrogen (secondary N) is 1. The summed E-state index contributed by atoms with van der Waals surface area (Å²) in [5.74, 6) is 1.05. The summed E-state index contributed by atoms with van der Waals surface area (Å²) in [6.07, 6.45) is 0.374. The first kappa shape index (κ1) is 16.1. The summed E-state index contributed by atoms with van der Waals surface area (Å²) < 4.78 is 1.95. The number of hydrogen-bond acceptors (Lipinski definition) is 2. The van der Waals surface area contributed by atoms with Gasteiger partial charge in [-0.2, -0.15) is 0 Å². The predicted octanol–water partition coefficient (Wildman–Crippen LogP) is 3.73. The molecule has 1 amide bonds. The molecule has 4 nitrogen and oxygen atoms in total. The number of fused-ring (bicyclic) bond motifs is 1. The molecule has 0 bridgehead atoms. The number of halogens is 2. The molecule has 21 heavy (non-hydrogen) atoms. The molecule has 114 valence electrons. The Kier molecular flexibility index (Phi) is 4.79. The van der Waals surface area contributed by atoms with Crippen LogP contribution in [0.15, 0.2) is 18.2 Å². The van der Waals surface area contributed by atoms with Gasteiger partial charge in [-0.25, -0.2) is 4.98 Å². The summed E-state index contributed by atoms with van der Waals surface area (Å²) in [6.45, 7) is 6.41. The van der Waals surface area contributed by atoms with Crippen molar-refractivity contribution in [3.05, 3.63) is 29.0 Å². The molecule has 2 aromatic rings. The van der Waals surface area contributed by atoms with Crippen LogP contribution >= 0.6 is 23.2 Å². The predicted molar refractivity (Wildman–Crippen MR) is 86.8 cm³/mol. The zero-order valence-electron chi connectivity index (χ0n) is 12.4. The zero-order valence-corrected chi connectivity index (χ0v) is 13.9. The van der Waals surface area contributed by atoms with E-state index in [-0.39, 0.29) is 11.4 Å². The van der Waals surface area contributed by atoms with Gasteiger partial charge in [0.05, 0.1) is 16.9 Å². The topological polar surface area (TPSA) is 46.9 Å². The van der Waals surface area contributed by atoms with Crippen LogP contribution in [0.5, 0.6) is 0 Å². The summed E-state index contributed by atoms with van der Waals surface area (Å²) in [4.78, 5) is 16.4. The van der Waals surface area contributed by atoms with Crippen molar-refractivity contribution in [1.29, 1.82) is 0 Å². The van der Waals surface area contributed by atoms with Crippen molar-refractivity contribution in [3.63, 3.8) is 0 Å². The standard InChI is InChI=1S/C15H19Cl2N3O/c1-15(2,3)19-14(21)6-7-20-12-8-10(17)4-5-11(12)18-13(20)9-16/h4-5,8H,6-7,9H2,1-3H3,(H,19,21). The molecule has 0 saturated carbocycles. The molecule has 2 rings (SSSR count). The molecule has 6 heteroatoms. The number of carbonyl (C=O) groups excluding carboxylic acids is 1. The lowest BCUT2D eigenvalue weighted by Gasteiger charge is -2.20. The van der Waals surface area contributed by atoms with Crippen LogP contribution in [-0.4, -0.2) is 21.0 Å². The van der Waals surface area contributed by atoms with Gasteiger partial charge in [0.15, 0.2) is 0 Å². The summed E-state index contributed by atoms with van der Waals surface area (Å²) >= 11 is 12.0. The highest BCUT2D eigenvalue weighted by Crippen LogP contribution is 2.22. The Hall–Kier alpha value is -1.26. The Labute approximate surface area is 134 Å². The van der Waals surface area contributed by atoms with Crippen LogP contribution in [0.1, 0.15) is 33.0 Å². The Morgan fingerprint density at radius 3 is 2.71 bits per heavy atom. The Morgan fingerprint density at radius 1 is 1.38 bits per heavy atom. The molecule has 0 unspecified atom stereocenters. The number of imidazole rings is 1. The van der Waals surface area contributed by atoms with Crippen molar-refractivity contribution < 1.29 is 4.79 Å². The van der Waals surface area contributed by atoms with Gasteiger partial charge in [-0.1, -0.05) is 11.6 Å². The molecule has 0 aliphatic rings. The Balaban J connectivity index is 2.21. The van der Waals surface area contributed by atoms with Crippen molar-refractivity contribution >= 4 is 40.1 Å². The number of rotatable bonds is 4. The number of carbonyl (C=O) groups is 1. The number of hydrogen-bond donors (Lipinski definition) is 1. The van der Waals surface area contributed by atoms with Crippen molar-refractivity contribution in [2.24, 2.45) is 0 Å². The van der Waals surface area contributed by atoms with E-state index >= 15 is 0 Å². The number of aryl methyl sites for hydroxylation is 1. The maximum Gasteiger partial charge on any atom is 0.222 e. The molecule has 0 aliphatic carbocycles. The molecule has 1 aromatic heterocycles. The fraction of sp³-hybridized carbons (Fsp3) is 0.467. The van der Waals surface area contributed by atoms with Crippen LogP contribution < -0.4 is 5.32 Å². The first-order valence-electron chi connectivity index (χ1n) is 6.82. The maximum atomic E-state index is 12.0. The molecule has 0 fully saturated rings. The molecule has 1 aromatic carbocycles. The first-order chi connectivity index (χ1) is 9.80. The summed E-state index contributed by atoms with van der Waals surface area (Å²) in [7, 11) is 0. The molecule has 1 N–H and O–H groups in total. The molecule has 0 aliphatic heterocycles. The quantitative estimate of drug-likeness (QED) is 0.869. The van der Waals surface area contributed by atoms with E-state index in [0.717, 1.165) is 16.9 Å². The summed E-state index contributed by atoms with van der Waals surface area (Å²) in [5.41, 5.74) is 1.51. The Bertz CT molecular complexity index is 659. The lowest BCUT2D eigenvalue weighted by Crippen LogP contribution is -2.40. The van der Waals surface area contributed by atoms with Gasteiger partial charge in [-0.05, 0) is 39.0 Å². The third-order valence-corrected chi connectivity index (χ3v) is 3.46. The zero-order chi connectivity index (χ0) is 15.6. The average Bonchev–Trinajstić information content (AvgIpc) is 2.71. The van der Waals surface area contributed by atoms with Gasteiger partial charge < -0.3 is 9.88 Å². The van der Waals surface area contributed by atoms with E-state index in [1.807, 2.05) is 37.5 Å². The van der Waals surface area contributed by atoms with E-state index in [0.29, 0.717) is 23.9 Å². The van der Waals surface area contributed by atoms with E-state index in [9.17, 15) is 4.79 Å². The molecule has 0 atom stereocenters. The fourth-order valence-corrected chi connectivity index (χ4v) is 2.56. The number of alkyl halides is 1. The fourth-order valence-electron chi connectivity index (χ4n) is 2.19. The van der Waals surface area contributed by atoms with Crippen molar-refractivity contribution in [2.45, 2.75) is 45.2 Å². The van der Waals surface area contributed by atoms with Crippen molar-refractivity contribution in [3.8, 4) is 0 Å². The normalized spacial score (nSPS) is 11.9. The van der Waals surface area contributed by atoms with Gasteiger partial charge in [0.25, 0.3) is 0 Å². The number of amides is 1. The van der Waals surface area contributed by atoms with Crippen LogP contribution in [0.4, 0.5) is 0 Å². The minimum absolute atomic E-state index is 0.00639. The number of aromatic nitrogens is 2. The lowest BCUT2D eigenvalue weighted by atomic mass is 10.1.